The lowest BCUT2D eigenvalue weighted by Crippen LogP contribution is -1.98. The third-order valence-electron chi connectivity index (χ3n) is 1.54. The van der Waals surface area contributed by atoms with Crippen molar-refractivity contribution in [2.75, 3.05) is 0 Å². The normalized spacial score (nSPS) is 10.3. The topological polar surface area (TPSA) is 50.2 Å². The first kappa shape index (κ1) is 7.24. The third-order valence-corrected chi connectivity index (χ3v) is 2.36. The van der Waals surface area contributed by atoms with E-state index in [0.717, 1.165) is 10.2 Å². The average molecular weight is 179 g/mol. The summed E-state index contributed by atoms with van der Waals surface area (Å²) < 4.78 is 0. The van der Waals surface area contributed by atoms with E-state index < -0.39 is 5.97 Å². The van der Waals surface area contributed by atoms with Gasteiger partial charge in [-0.1, -0.05) is 0 Å². The molecule has 0 saturated carbocycles. The van der Waals surface area contributed by atoms with Crippen LogP contribution >= 0.6 is 11.3 Å². The maximum Gasteiger partial charge on any atom is 0.354 e. The lowest BCUT2D eigenvalue weighted by Gasteiger charge is -1.91. The van der Waals surface area contributed by atoms with Crippen LogP contribution in [0.25, 0.3) is 10.2 Å². The van der Waals surface area contributed by atoms with Crippen molar-refractivity contribution in [1.29, 1.82) is 0 Å². The summed E-state index contributed by atoms with van der Waals surface area (Å²) in [7, 11) is 0. The van der Waals surface area contributed by atoms with Gasteiger partial charge in [-0.25, -0.2) is 9.78 Å². The number of carboxylic acids is 1. The van der Waals surface area contributed by atoms with Crippen LogP contribution in [0.4, 0.5) is 0 Å². The van der Waals surface area contributed by atoms with Crippen LogP contribution in [0.1, 0.15) is 10.5 Å². The molecule has 0 aliphatic rings. The van der Waals surface area contributed by atoms with E-state index in [2.05, 4.69) is 4.98 Å². The summed E-state index contributed by atoms with van der Waals surface area (Å²) in [5, 5.41) is 11.5. The second kappa shape index (κ2) is 2.57. The summed E-state index contributed by atoms with van der Waals surface area (Å²) in [6, 6.07) is 5.19. The highest BCUT2D eigenvalue weighted by atomic mass is 32.1. The van der Waals surface area contributed by atoms with Gasteiger partial charge in [0.15, 0.2) is 0 Å². The molecule has 0 saturated heterocycles. The summed E-state index contributed by atoms with van der Waals surface area (Å²) in [5.41, 5.74) is 0.102. The summed E-state index contributed by atoms with van der Waals surface area (Å²) >= 11 is 1.44. The molecule has 0 spiro atoms. The zero-order valence-corrected chi connectivity index (χ0v) is 6.84. The Hall–Kier alpha value is -1.42. The van der Waals surface area contributed by atoms with E-state index >= 15 is 0 Å². The second-order valence-corrected chi connectivity index (χ2v) is 3.21. The largest absolute Gasteiger partial charge is 0.477 e. The lowest BCUT2D eigenvalue weighted by molar-refractivity contribution is 0.0691. The van der Waals surface area contributed by atoms with Gasteiger partial charge in [-0.2, -0.15) is 0 Å². The zero-order chi connectivity index (χ0) is 8.55. The van der Waals surface area contributed by atoms with Crippen molar-refractivity contribution in [3.8, 4) is 0 Å². The Balaban J connectivity index is 2.68. The fourth-order valence-corrected chi connectivity index (χ4v) is 1.73. The van der Waals surface area contributed by atoms with Crippen molar-refractivity contribution < 1.29 is 9.90 Å². The van der Waals surface area contributed by atoms with Gasteiger partial charge in [0, 0.05) is 5.39 Å². The Morgan fingerprint density at radius 1 is 1.42 bits per heavy atom. The molecule has 0 radical (unpaired) electrons. The predicted octanol–water partition coefficient (Wildman–Crippen LogP) is 1.99. The molecule has 12 heavy (non-hydrogen) atoms. The minimum atomic E-state index is -0.981. The van der Waals surface area contributed by atoms with E-state index in [1.54, 1.807) is 6.07 Å². The number of hydrogen-bond donors (Lipinski definition) is 1. The Morgan fingerprint density at radius 2 is 2.25 bits per heavy atom. The average Bonchev–Trinajstić information content (AvgIpc) is 2.49. The Labute approximate surface area is 72.3 Å². The highest BCUT2D eigenvalue weighted by Gasteiger charge is 2.04. The molecule has 0 aromatic carbocycles. The van der Waals surface area contributed by atoms with Crippen molar-refractivity contribution in [2.45, 2.75) is 0 Å². The monoisotopic (exact) mass is 179 g/mol. The molecule has 0 atom stereocenters. The maximum absolute atomic E-state index is 10.5. The van der Waals surface area contributed by atoms with Crippen molar-refractivity contribution in [3.05, 3.63) is 29.3 Å². The minimum Gasteiger partial charge on any atom is -0.477 e. The molecular weight excluding hydrogens is 174 g/mol. The zero-order valence-electron chi connectivity index (χ0n) is 6.02. The Bertz CT molecular complexity index is 435. The highest BCUT2D eigenvalue weighted by Crippen LogP contribution is 2.18. The van der Waals surface area contributed by atoms with Gasteiger partial charge in [0.2, 0.25) is 0 Å². The third kappa shape index (κ3) is 1.06. The van der Waals surface area contributed by atoms with Gasteiger partial charge in [0.25, 0.3) is 0 Å². The van der Waals surface area contributed by atoms with Crippen molar-refractivity contribution in [1.82, 2.24) is 4.98 Å². The van der Waals surface area contributed by atoms with Crippen LogP contribution in [0, 0.1) is 0 Å². The number of fused-ring (bicyclic) bond motifs is 1. The molecule has 4 heteroatoms. The summed E-state index contributed by atoms with van der Waals surface area (Å²) in [6.07, 6.45) is 0. The van der Waals surface area contributed by atoms with E-state index in [4.69, 9.17) is 5.11 Å². The van der Waals surface area contributed by atoms with Gasteiger partial charge in [0.1, 0.15) is 10.5 Å². The quantitative estimate of drug-likeness (QED) is 0.728. The van der Waals surface area contributed by atoms with Gasteiger partial charge in [0.05, 0.1) is 0 Å². The van der Waals surface area contributed by atoms with E-state index in [0.29, 0.717) is 0 Å². The van der Waals surface area contributed by atoms with Crippen LogP contribution < -0.4 is 0 Å². The maximum atomic E-state index is 10.5. The van der Waals surface area contributed by atoms with Gasteiger partial charge in [-0.05, 0) is 23.6 Å². The fourth-order valence-electron chi connectivity index (χ4n) is 0.963. The molecule has 2 aromatic rings. The first-order chi connectivity index (χ1) is 5.77. The molecule has 60 valence electrons. The van der Waals surface area contributed by atoms with E-state index in [1.807, 2.05) is 11.4 Å². The SMILES string of the molecule is O=C(O)c1ccc2ccsc2n1. The molecule has 1 N–H and O–H groups in total. The molecule has 0 unspecified atom stereocenters. The smallest absolute Gasteiger partial charge is 0.354 e. The molecule has 0 bridgehead atoms. The second-order valence-electron chi connectivity index (χ2n) is 2.32. The minimum absolute atomic E-state index is 0.102. The number of pyridine rings is 1. The number of nitrogens with zero attached hydrogens (tertiary/aromatic N) is 1. The molecule has 0 amide bonds. The Kier molecular flexibility index (Phi) is 1.55. The van der Waals surface area contributed by atoms with Gasteiger partial charge in [-0.3, -0.25) is 0 Å². The number of aromatic nitrogens is 1. The highest BCUT2D eigenvalue weighted by molar-refractivity contribution is 7.16. The molecule has 3 nitrogen and oxygen atoms in total. The van der Waals surface area contributed by atoms with E-state index in [-0.39, 0.29) is 5.69 Å². The molecule has 0 aliphatic carbocycles. The van der Waals surface area contributed by atoms with E-state index in [1.165, 1.54) is 17.4 Å². The first-order valence-corrected chi connectivity index (χ1v) is 4.23. The molecule has 2 rings (SSSR count). The summed E-state index contributed by atoms with van der Waals surface area (Å²) in [4.78, 5) is 15.2. The van der Waals surface area contributed by atoms with E-state index in [9.17, 15) is 4.79 Å². The van der Waals surface area contributed by atoms with Crippen LogP contribution in [0.5, 0.6) is 0 Å². The summed E-state index contributed by atoms with van der Waals surface area (Å²) in [5.74, 6) is -0.981. The lowest BCUT2D eigenvalue weighted by atomic mass is 10.3. The van der Waals surface area contributed by atoms with Crippen LogP contribution in [0.2, 0.25) is 0 Å². The van der Waals surface area contributed by atoms with Crippen LogP contribution in [0.15, 0.2) is 23.6 Å². The van der Waals surface area contributed by atoms with Crippen molar-refractivity contribution in [3.63, 3.8) is 0 Å². The molecule has 0 fully saturated rings. The number of rotatable bonds is 1. The number of hydrogen-bond acceptors (Lipinski definition) is 3. The molecule has 2 aromatic heterocycles. The number of carboxylic acid groups (broad SMARTS) is 1. The van der Waals surface area contributed by atoms with Crippen molar-refractivity contribution >= 4 is 27.5 Å². The predicted molar refractivity (Wildman–Crippen MR) is 46.6 cm³/mol. The van der Waals surface area contributed by atoms with Gasteiger partial charge in [-0.15, -0.1) is 11.3 Å². The molecular formula is C8H5NO2S. The van der Waals surface area contributed by atoms with Crippen LogP contribution in [0.3, 0.4) is 0 Å². The van der Waals surface area contributed by atoms with Crippen LogP contribution in [-0.2, 0) is 0 Å². The van der Waals surface area contributed by atoms with Gasteiger partial charge >= 0.3 is 5.97 Å². The van der Waals surface area contributed by atoms with Gasteiger partial charge < -0.3 is 5.11 Å². The fraction of sp³-hybridized carbons (Fsp3) is 0. The van der Waals surface area contributed by atoms with Crippen molar-refractivity contribution in [2.24, 2.45) is 0 Å². The Morgan fingerprint density at radius 3 is 3.00 bits per heavy atom. The molecule has 0 aliphatic heterocycles. The number of carbonyl (C=O) groups is 1. The first-order valence-electron chi connectivity index (χ1n) is 3.35. The number of aromatic carboxylic acids is 1. The number of thiophene rings is 1. The summed E-state index contributed by atoms with van der Waals surface area (Å²) in [6.45, 7) is 0. The van der Waals surface area contributed by atoms with Crippen LogP contribution in [-0.4, -0.2) is 16.1 Å². The standard InChI is InChI=1S/C8H5NO2S/c10-8(11)6-2-1-5-3-4-12-7(5)9-6/h1-4H,(H,10,11). The molecule has 2 heterocycles.